The van der Waals surface area contributed by atoms with Gasteiger partial charge in [-0.05, 0) is 34.1 Å². The molecule has 0 aliphatic heterocycles. The van der Waals surface area contributed by atoms with Gasteiger partial charge in [-0.2, -0.15) is 0 Å². The van der Waals surface area contributed by atoms with E-state index in [2.05, 4.69) is 20.8 Å². The zero-order valence-electron chi connectivity index (χ0n) is 13.1. The largest absolute Gasteiger partial charge is 0.504 e. The van der Waals surface area contributed by atoms with Gasteiger partial charge in [0.1, 0.15) is 6.61 Å². The van der Waals surface area contributed by atoms with Gasteiger partial charge in [-0.1, -0.05) is 51.1 Å². The highest BCUT2D eigenvalue weighted by atomic mass is 16.5. The zero-order chi connectivity index (χ0) is 16.3. The van der Waals surface area contributed by atoms with E-state index in [1.165, 1.54) is 0 Å². The molecule has 0 unspecified atom stereocenters. The number of hydrogen-bond donors (Lipinski definition) is 3. The van der Waals surface area contributed by atoms with Gasteiger partial charge in [0.15, 0.2) is 11.5 Å². The van der Waals surface area contributed by atoms with Crippen LogP contribution in [0, 0.1) is 0 Å². The van der Waals surface area contributed by atoms with Crippen molar-refractivity contribution in [2.75, 3.05) is 0 Å². The van der Waals surface area contributed by atoms with E-state index in [9.17, 15) is 15.2 Å². The van der Waals surface area contributed by atoms with Gasteiger partial charge in [0.25, 0.3) is 0 Å². The Bertz CT molecular complexity index is 647. The Labute approximate surface area is 131 Å². The Kier molecular flexibility index (Phi) is 4.79. The van der Waals surface area contributed by atoms with Crippen LogP contribution in [-0.4, -0.2) is 22.3 Å². The molecular weight excluding hydrogens is 279 g/mol. The Balaban J connectivity index is 2.16. The quantitative estimate of drug-likeness (QED) is 0.755. The zero-order valence-corrected chi connectivity index (χ0v) is 13.1. The molecule has 0 bridgehead atoms. The van der Waals surface area contributed by atoms with Crippen LogP contribution in [0.5, 0.6) is 11.5 Å². The van der Waals surface area contributed by atoms with Gasteiger partial charge in [-0.25, -0.2) is 0 Å². The Hall–Kier alpha value is -1.98. The van der Waals surface area contributed by atoms with Crippen molar-refractivity contribution in [2.45, 2.75) is 32.8 Å². The topological polar surface area (TPSA) is 69.9 Å². The lowest BCUT2D eigenvalue weighted by molar-refractivity contribution is 0.289. The summed E-state index contributed by atoms with van der Waals surface area (Å²) in [4.78, 5) is 0. The predicted molar refractivity (Wildman–Crippen MR) is 87.4 cm³/mol. The number of rotatable bonds is 4. The van der Waals surface area contributed by atoms with Crippen LogP contribution in [0.2, 0.25) is 0 Å². The number of aromatic hydroxyl groups is 1. The summed E-state index contributed by atoms with van der Waals surface area (Å²) in [7, 11) is -1.54. The summed E-state index contributed by atoms with van der Waals surface area (Å²) in [5, 5.41) is 28.8. The normalized spacial score (nSPS) is 11.3. The summed E-state index contributed by atoms with van der Waals surface area (Å²) in [6.45, 7) is 6.36. The fourth-order valence-corrected chi connectivity index (χ4v) is 2.18. The molecule has 0 radical (unpaired) electrons. The van der Waals surface area contributed by atoms with E-state index in [-0.39, 0.29) is 17.8 Å². The van der Waals surface area contributed by atoms with Crippen molar-refractivity contribution in [2.24, 2.45) is 0 Å². The van der Waals surface area contributed by atoms with E-state index in [4.69, 9.17) is 4.74 Å². The van der Waals surface area contributed by atoms with Crippen LogP contribution in [0.15, 0.2) is 42.5 Å². The highest BCUT2D eigenvalue weighted by molar-refractivity contribution is 6.59. The summed E-state index contributed by atoms with van der Waals surface area (Å²) in [6.07, 6.45) is 0. The molecule has 0 saturated heterocycles. The summed E-state index contributed by atoms with van der Waals surface area (Å²) < 4.78 is 5.61. The van der Waals surface area contributed by atoms with Crippen molar-refractivity contribution in [1.29, 1.82) is 0 Å². The van der Waals surface area contributed by atoms with Gasteiger partial charge in [0, 0.05) is 0 Å². The maximum atomic E-state index is 10.1. The van der Waals surface area contributed by atoms with E-state index in [0.29, 0.717) is 16.8 Å². The number of benzene rings is 2. The first-order valence-electron chi connectivity index (χ1n) is 7.19. The Morgan fingerprint density at radius 3 is 2.32 bits per heavy atom. The summed E-state index contributed by atoms with van der Waals surface area (Å²) in [5.41, 5.74) is 2.03. The lowest BCUT2D eigenvalue weighted by atomic mass is 9.77. The second kappa shape index (κ2) is 6.42. The molecule has 22 heavy (non-hydrogen) atoms. The third-order valence-corrected chi connectivity index (χ3v) is 3.54. The second-order valence-corrected chi connectivity index (χ2v) is 6.29. The standard InChI is InChI=1S/C17H21BO4/c1-17(2,3)13-8-9-16(15(19)10-13)22-11-12-6-4-5-7-14(12)18(20)21/h4-10,19-21H,11H2,1-3H3. The third-order valence-electron chi connectivity index (χ3n) is 3.54. The molecular formula is C17H21BO4. The maximum absolute atomic E-state index is 10.1. The van der Waals surface area contributed by atoms with Crippen molar-refractivity contribution in [1.82, 2.24) is 0 Å². The van der Waals surface area contributed by atoms with Gasteiger partial charge in [-0.3, -0.25) is 0 Å². The molecule has 2 aromatic rings. The van der Waals surface area contributed by atoms with Crippen molar-refractivity contribution < 1.29 is 19.9 Å². The summed E-state index contributed by atoms with van der Waals surface area (Å²) in [6, 6.07) is 12.3. The highest BCUT2D eigenvalue weighted by Gasteiger charge is 2.17. The minimum Gasteiger partial charge on any atom is -0.504 e. The SMILES string of the molecule is CC(C)(C)c1ccc(OCc2ccccc2B(O)O)c(O)c1. The number of hydrogen-bond acceptors (Lipinski definition) is 4. The lowest BCUT2D eigenvalue weighted by Crippen LogP contribution is -2.33. The van der Waals surface area contributed by atoms with E-state index < -0.39 is 7.12 Å². The lowest BCUT2D eigenvalue weighted by Gasteiger charge is -2.20. The smallest absolute Gasteiger partial charge is 0.488 e. The summed E-state index contributed by atoms with van der Waals surface area (Å²) in [5.74, 6) is 0.449. The van der Waals surface area contributed by atoms with Gasteiger partial charge in [0.05, 0.1) is 0 Å². The molecule has 0 spiro atoms. The van der Waals surface area contributed by atoms with Gasteiger partial charge < -0.3 is 19.9 Å². The van der Waals surface area contributed by atoms with Crippen LogP contribution in [0.3, 0.4) is 0 Å². The molecule has 0 aliphatic carbocycles. The average Bonchev–Trinajstić information content (AvgIpc) is 2.45. The monoisotopic (exact) mass is 300 g/mol. The van der Waals surface area contributed by atoms with Crippen molar-refractivity contribution in [3.63, 3.8) is 0 Å². The molecule has 0 saturated carbocycles. The third kappa shape index (κ3) is 3.81. The molecule has 2 aromatic carbocycles. The molecule has 2 rings (SSSR count). The minimum atomic E-state index is -1.54. The molecule has 116 valence electrons. The first-order chi connectivity index (χ1) is 10.3. The molecule has 0 atom stereocenters. The van der Waals surface area contributed by atoms with Crippen molar-refractivity contribution in [3.8, 4) is 11.5 Å². The minimum absolute atomic E-state index is 0.0520. The number of phenols is 1. The predicted octanol–water partition coefficient (Wildman–Crippen LogP) is 1.95. The van der Waals surface area contributed by atoms with E-state index in [0.717, 1.165) is 5.56 Å². The first kappa shape index (κ1) is 16.4. The van der Waals surface area contributed by atoms with Crippen molar-refractivity contribution >= 4 is 12.6 Å². The van der Waals surface area contributed by atoms with Crippen LogP contribution >= 0.6 is 0 Å². The maximum Gasteiger partial charge on any atom is 0.488 e. The first-order valence-corrected chi connectivity index (χ1v) is 7.19. The van der Waals surface area contributed by atoms with Gasteiger partial charge in [0.2, 0.25) is 0 Å². The van der Waals surface area contributed by atoms with Crippen LogP contribution in [-0.2, 0) is 12.0 Å². The molecule has 3 N–H and O–H groups in total. The molecule has 0 amide bonds. The van der Waals surface area contributed by atoms with E-state index in [1.54, 1.807) is 36.4 Å². The average molecular weight is 300 g/mol. The molecule has 0 heterocycles. The van der Waals surface area contributed by atoms with Crippen molar-refractivity contribution in [3.05, 3.63) is 53.6 Å². The highest BCUT2D eigenvalue weighted by Crippen LogP contribution is 2.32. The Morgan fingerprint density at radius 1 is 1.05 bits per heavy atom. The van der Waals surface area contributed by atoms with Crippen LogP contribution in [0.4, 0.5) is 0 Å². The second-order valence-electron chi connectivity index (χ2n) is 6.29. The fraction of sp³-hybridized carbons (Fsp3) is 0.294. The molecule has 0 fully saturated rings. The Morgan fingerprint density at radius 2 is 1.73 bits per heavy atom. The van der Waals surface area contributed by atoms with E-state index in [1.807, 2.05) is 6.07 Å². The number of phenolic OH excluding ortho intramolecular Hbond substituents is 1. The molecule has 0 aliphatic rings. The summed E-state index contributed by atoms with van der Waals surface area (Å²) >= 11 is 0. The van der Waals surface area contributed by atoms with Crippen LogP contribution in [0.25, 0.3) is 0 Å². The van der Waals surface area contributed by atoms with Gasteiger partial charge in [-0.15, -0.1) is 0 Å². The molecule has 0 aromatic heterocycles. The van der Waals surface area contributed by atoms with Gasteiger partial charge >= 0.3 is 7.12 Å². The fourth-order valence-electron chi connectivity index (χ4n) is 2.18. The molecule has 5 heteroatoms. The van der Waals surface area contributed by atoms with Crippen LogP contribution in [0.1, 0.15) is 31.9 Å². The molecule has 4 nitrogen and oxygen atoms in total. The van der Waals surface area contributed by atoms with Crippen LogP contribution < -0.4 is 10.2 Å². The number of ether oxygens (including phenoxy) is 1. The van der Waals surface area contributed by atoms with E-state index >= 15 is 0 Å².